The first kappa shape index (κ1) is 84.6. The SMILES string of the molecule is CCBC(=O)N(CCOCCOCCOCCOCCC(=O)NCCC(C)(C)OCCC(C)(C)C=O)CCOCCOCCOCCOCCC(=O)NCCC(C)(C)OCCC(C)(C)C(=O)NCCC(C)(C)OCC(C)(C)NC(=O)CNCC(C)(C)CC. The molecular weight excluding hydrogens is 1140 g/mol. The third-order valence-corrected chi connectivity index (χ3v) is 14.7. The molecule has 0 saturated carbocycles. The monoisotopic (exact) mass is 1260 g/mol. The molecule has 0 aromatic heterocycles. The van der Waals surface area contributed by atoms with Crippen molar-refractivity contribution in [2.75, 3.05) is 171 Å². The molecule has 5 N–H and O–H groups in total. The smallest absolute Gasteiger partial charge is 0.234 e. The number of amides is 5. The lowest BCUT2D eigenvalue weighted by Crippen LogP contribution is -2.51. The highest BCUT2D eigenvalue weighted by atomic mass is 16.6. The number of carbonyl (C=O) groups excluding carboxylic acids is 6. The molecule has 0 heterocycles. The van der Waals surface area contributed by atoms with Crippen LogP contribution in [0.25, 0.3) is 0 Å². The van der Waals surface area contributed by atoms with Crippen molar-refractivity contribution < 1.29 is 80.9 Å². The zero-order chi connectivity index (χ0) is 66.4. The highest BCUT2D eigenvalue weighted by molar-refractivity contribution is 6.73. The summed E-state index contributed by atoms with van der Waals surface area (Å²) in [5, 5.41) is 15.2. The van der Waals surface area contributed by atoms with E-state index in [0.717, 1.165) is 25.6 Å². The van der Waals surface area contributed by atoms with Gasteiger partial charge in [-0.3, -0.25) is 24.0 Å². The van der Waals surface area contributed by atoms with E-state index in [-0.39, 0.29) is 60.8 Å². The van der Waals surface area contributed by atoms with E-state index < -0.39 is 33.2 Å². The first-order chi connectivity index (χ1) is 41.3. The van der Waals surface area contributed by atoms with Crippen molar-refractivity contribution in [2.45, 2.75) is 191 Å². The Morgan fingerprint density at radius 1 is 0.455 bits per heavy atom. The van der Waals surface area contributed by atoms with Crippen LogP contribution in [0.4, 0.5) is 4.79 Å². The van der Waals surface area contributed by atoms with Gasteiger partial charge in [0.1, 0.15) is 6.29 Å². The summed E-state index contributed by atoms with van der Waals surface area (Å²) in [4.78, 5) is 75.9. The Hall–Kier alpha value is -3.40. The highest BCUT2D eigenvalue weighted by Gasteiger charge is 2.31. The van der Waals surface area contributed by atoms with Crippen molar-refractivity contribution in [2.24, 2.45) is 16.2 Å². The van der Waals surface area contributed by atoms with Gasteiger partial charge in [0, 0.05) is 76.2 Å². The second-order valence-electron chi connectivity index (χ2n) is 27.0. The molecule has 0 aromatic carbocycles. The molecule has 0 radical (unpaired) electrons. The average molecular weight is 1260 g/mol. The maximum absolute atomic E-state index is 13.2. The highest BCUT2D eigenvalue weighted by Crippen LogP contribution is 2.25. The zero-order valence-electron chi connectivity index (χ0n) is 57.9. The zero-order valence-corrected chi connectivity index (χ0v) is 57.9. The Balaban J connectivity index is 3.98. The normalized spacial score (nSPS) is 12.7. The minimum absolute atomic E-state index is 0.0572. The van der Waals surface area contributed by atoms with E-state index in [4.69, 9.17) is 52.1 Å². The molecule has 0 atom stereocenters. The Morgan fingerprint density at radius 3 is 1.25 bits per heavy atom. The molecule has 5 amide bonds. The van der Waals surface area contributed by atoms with Gasteiger partial charge >= 0.3 is 0 Å². The van der Waals surface area contributed by atoms with Gasteiger partial charge in [-0.05, 0) is 99.3 Å². The predicted molar refractivity (Wildman–Crippen MR) is 345 cm³/mol. The summed E-state index contributed by atoms with van der Waals surface area (Å²) < 4.78 is 63.2. The lowest BCUT2D eigenvalue weighted by molar-refractivity contribution is -0.132. The molecule has 88 heavy (non-hydrogen) atoms. The van der Waals surface area contributed by atoms with Crippen LogP contribution in [-0.4, -0.2) is 242 Å². The molecule has 0 aliphatic rings. The summed E-state index contributed by atoms with van der Waals surface area (Å²) in [6.07, 6.45) is 6.23. The lowest BCUT2D eigenvalue weighted by atomic mass is 9.74. The van der Waals surface area contributed by atoms with Crippen molar-refractivity contribution in [3.8, 4) is 0 Å². The van der Waals surface area contributed by atoms with Crippen LogP contribution in [-0.2, 0) is 76.1 Å². The molecule has 0 aromatic rings. The Kier molecular flexibility index (Phi) is 45.7. The maximum Gasteiger partial charge on any atom is 0.234 e. The standard InChI is InChI=1S/C64H125BN6O17/c1-17-58(3,4)50-66-49-55(75)70-61(9,10)52-88-64(15,16)23-28-69-56(76)60(7,8)25-34-87-63(13,14)22-27-68-54(74)20-32-79-38-42-83-46-48-85-44-40-81-36-30-71(57(77)65-18-2)29-35-80-39-43-84-47-45-82-41-37-78-31-19-53(73)67-26-21-62(11,12)86-33-24-59(5,6)51-72/h51,65-66H,17-50,52H2,1-16H3,(H,67,73)(H,68,74)(H,69,76)(H,70,75). The number of nitrogens with one attached hydrogen (secondary N) is 5. The third-order valence-electron chi connectivity index (χ3n) is 14.7. The Morgan fingerprint density at radius 2 is 0.841 bits per heavy atom. The lowest BCUT2D eigenvalue weighted by Gasteiger charge is -2.33. The molecule has 24 heteroatoms. The van der Waals surface area contributed by atoms with Crippen LogP contribution in [0.3, 0.4) is 0 Å². The van der Waals surface area contributed by atoms with Crippen LogP contribution in [0, 0.1) is 16.2 Å². The van der Waals surface area contributed by atoms with E-state index in [9.17, 15) is 28.8 Å². The molecule has 0 aliphatic heterocycles. The molecule has 0 unspecified atom stereocenters. The van der Waals surface area contributed by atoms with Crippen LogP contribution in [0.1, 0.15) is 162 Å². The van der Waals surface area contributed by atoms with Crippen LogP contribution in [0.5, 0.6) is 0 Å². The second-order valence-corrected chi connectivity index (χ2v) is 27.0. The van der Waals surface area contributed by atoms with Crippen molar-refractivity contribution in [1.29, 1.82) is 0 Å². The molecular formula is C64H125BN6O17. The van der Waals surface area contributed by atoms with E-state index in [1.54, 1.807) is 4.90 Å². The van der Waals surface area contributed by atoms with E-state index >= 15 is 0 Å². The fraction of sp³-hybridized carbons (Fsp3) is 0.906. The van der Waals surface area contributed by atoms with Gasteiger partial charge in [0.15, 0.2) is 5.81 Å². The largest absolute Gasteiger partial charge is 0.379 e. The fourth-order valence-electron chi connectivity index (χ4n) is 7.87. The van der Waals surface area contributed by atoms with Crippen molar-refractivity contribution >= 4 is 43.0 Å². The van der Waals surface area contributed by atoms with Gasteiger partial charge in [-0.2, -0.15) is 0 Å². The molecule has 23 nitrogen and oxygen atoms in total. The maximum atomic E-state index is 13.2. The minimum atomic E-state index is -0.654. The van der Waals surface area contributed by atoms with Crippen LogP contribution in [0.15, 0.2) is 0 Å². The fourth-order valence-corrected chi connectivity index (χ4v) is 7.87. The van der Waals surface area contributed by atoms with E-state index in [0.29, 0.717) is 191 Å². The number of aldehydes is 1. The molecule has 0 saturated heterocycles. The van der Waals surface area contributed by atoms with Gasteiger partial charge in [-0.15, -0.1) is 0 Å². The Labute approximate surface area is 531 Å². The summed E-state index contributed by atoms with van der Waals surface area (Å²) in [5.41, 5.74) is -2.92. The Bertz CT molecular complexity index is 1880. The van der Waals surface area contributed by atoms with Gasteiger partial charge in [0.2, 0.25) is 30.9 Å². The number of hydrogen-bond donors (Lipinski definition) is 5. The van der Waals surface area contributed by atoms with E-state index in [1.165, 1.54) is 0 Å². The average Bonchev–Trinajstić information content (AvgIpc) is 3.50. The van der Waals surface area contributed by atoms with Crippen molar-refractivity contribution in [3.05, 3.63) is 0 Å². The number of ether oxygens (including phenoxy) is 11. The summed E-state index contributed by atoms with van der Waals surface area (Å²) in [5.74, 6) is -0.272. The summed E-state index contributed by atoms with van der Waals surface area (Å²) in [7, 11) is 0.455. The number of rotatable bonds is 60. The third kappa shape index (κ3) is 49.3. The molecule has 516 valence electrons. The van der Waals surface area contributed by atoms with E-state index in [2.05, 4.69) is 47.4 Å². The van der Waals surface area contributed by atoms with Gasteiger partial charge in [0.25, 0.3) is 0 Å². The van der Waals surface area contributed by atoms with Gasteiger partial charge in [-0.1, -0.05) is 61.7 Å². The number of nitrogens with zero attached hydrogens (tertiary/aromatic N) is 1. The summed E-state index contributed by atoms with van der Waals surface area (Å²) in [6, 6.07) is 0. The summed E-state index contributed by atoms with van der Waals surface area (Å²) in [6.45, 7) is 42.3. The van der Waals surface area contributed by atoms with Gasteiger partial charge < -0.3 is 88.4 Å². The molecule has 0 rings (SSSR count). The van der Waals surface area contributed by atoms with Crippen molar-refractivity contribution in [3.63, 3.8) is 0 Å². The molecule has 0 aliphatic carbocycles. The first-order valence-corrected chi connectivity index (χ1v) is 32.4. The van der Waals surface area contributed by atoms with Crippen LogP contribution in [0.2, 0.25) is 6.32 Å². The topological polar surface area (TPSA) is 267 Å². The van der Waals surface area contributed by atoms with Crippen molar-refractivity contribution in [1.82, 2.24) is 31.5 Å². The predicted octanol–water partition coefficient (Wildman–Crippen LogP) is 6.05. The van der Waals surface area contributed by atoms with Crippen LogP contribution < -0.4 is 26.6 Å². The first-order valence-electron chi connectivity index (χ1n) is 32.4. The number of carbonyl (C=O) groups is 6. The molecule has 0 fully saturated rings. The second kappa shape index (κ2) is 47.5. The minimum Gasteiger partial charge on any atom is -0.379 e. The van der Waals surface area contributed by atoms with Gasteiger partial charge in [0.05, 0.1) is 141 Å². The van der Waals surface area contributed by atoms with Crippen LogP contribution >= 0.6 is 0 Å². The van der Waals surface area contributed by atoms with E-state index in [1.807, 2.05) is 90.0 Å². The molecule has 0 bridgehead atoms. The quantitative estimate of drug-likeness (QED) is 0.0263. The number of hydrogen-bond acceptors (Lipinski definition) is 18. The summed E-state index contributed by atoms with van der Waals surface area (Å²) >= 11 is 0. The van der Waals surface area contributed by atoms with Gasteiger partial charge in [-0.25, -0.2) is 0 Å². The molecule has 0 spiro atoms.